The van der Waals surface area contributed by atoms with Crippen LogP contribution < -0.4 is 0 Å². The number of carbonyl (C=O) groups is 1. The van der Waals surface area contributed by atoms with Crippen LogP contribution >= 0.6 is 0 Å². The fraction of sp³-hybridized carbons (Fsp3) is 0.909. The SMILES string of the molecule is CC(=O)N(C)CC(O)C1CCCCC1. The van der Waals surface area contributed by atoms with Gasteiger partial charge in [0.1, 0.15) is 0 Å². The van der Waals surface area contributed by atoms with Crippen LogP contribution in [0.5, 0.6) is 0 Å². The average Bonchev–Trinajstić information content (AvgIpc) is 2.19. The molecule has 1 fully saturated rings. The van der Waals surface area contributed by atoms with E-state index in [1.165, 1.54) is 26.2 Å². The van der Waals surface area contributed by atoms with Crippen LogP contribution in [0.3, 0.4) is 0 Å². The van der Waals surface area contributed by atoms with E-state index in [1.54, 1.807) is 11.9 Å². The Bertz CT molecular complexity index is 188. The molecule has 0 spiro atoms. The average molecular weight is 199 g/mol. The molecule has 1 atom stereocenters. The second kappa shape index (κ2) is 5.35. The third kappa shape index (κ3) is 3.29. The van der Waals surface area contributed by atoms with Gasteiger partial charge >= 0.3 is 0 Å². The Morgan fingerprint density at radius 1 is 1.43 bits per heavy atom. The molecule has 0 aromatic carbocycles. The van der Waals surface area contributed by atoms with Crippen LogP contribution in [0.1, 0.15) is 39.0 Å². The molecule has 0 aliphatic heterocycles. The lowest BCUT2D eigenvalue weighted by atomic mass is 9.85. The van der Waals surface area contributed by atoms with Crippen LogP contribution in [-0.2, 0) is 4.79 Å². The molecule has 0 aromatic rings. The smallest absolute Gasteiger partial charge is 0.219 e. The lowest BCUT2D eigenvalue weighted by molar-refractivity contribution is -0.129. The molecule has 1 aliphatic rings. The van der Waals surface area contributed by atoms with Crippen LogP contribution in [0.15, 0.2) is 0 Å². The van der Waals surface area contributed by atoms with E-state index >= 15 is 0 Å². The maximum absolute atomic E-state index is 11.0. The van der Waals surface area contributed by atoms with Gasteiger partial charge in [-0.05, 0) is 18.8 Å². The van der Waals surface area contributed by atoms with Crippen molar-refractivity contribution < 1.29 is 9.90 Å². The van der Waals surface area contributed by atoms with Crippen molar-refractivity contribution in [1.29, 1.82) is 0 Å². The van der Waals surface area contributed by atoms with E-state index in [4.69, 9.17) is 0 Å². The number of aliphatic hydroxyl groups excluding tert-OH is 1. The third-order valence-electron chi connectivity index (χ3n) is 3.19. The summed E-state index contributed by atoms with van der Waals surface area (Å²) in [7, 11) is 1.74. The second-order valence-corrected chi connectivity index (χ2v) is 4.36. The standard InChI is InChI=1S/C11H21NO2/c1-9(13)12(2)8-11(14)10-6-4-3-5-7-10/h10-11,14H,3-8H2,1-2H3. The molecule has 0 saturated heterocycles. The predicted molar refractivity (Wildman–Crippen MR) is 55.9 cm³/mol. The van der Waals surface area contributed by atoms with Gasteiger partial charge in [0.25, 0.3) is 0 Å². The van der Waals surface area contributed by atoms with Gasteiger partial charge in [0.2, 0.25) is 5.91 Å². The largest absolute Gasteiger partial charge is 0.391 e. The normalized spacial score (nSPS) is 20.5. The summed E-state index contributed by atoms with van der Waals surface area (Å²) in [5, 5.41) is 9.90. The summed E-state index contributed by atoms with van der Waals surface area (Å²) in [4.78, 5) is 12.6. The zero-order chi connectivity index (χ0) is 10.6. The van der Waals surface area contributed by atoms with Crippen molar-refractivity contribution in [3.05, 3.63) is 0 Å². The van der Waals surface area contributed by atoms with Crippen molar-refractivity contribution in [2.75, 3.05) is 13.6 Å². The topological polar surface area (TPSA) is 40.5 Å². The highest BCUT2D eigenvalue weighted by molar-refractivity contribution is 5.72. The molecule has 82 valence electrons. The molecule has 0 radical (unpaired) electrons. The number of likely N-dealkylation sites (N-methyl/N-ethyl adjacent to an activating group) is 1. The van der Waals surface area contributed by atoms with Crippen molar-refractivity contribution in [2.45, 2.75) is 45.1 Å². The van der Waals surface area contributed by atoms with E-state index in [0.717, 1.165) is 12.8 Å². The lowest BCUT2D eigenvalue weighted by Gasteiger charge is -2.29. The molecular weight excluding hydrogens is 178 g/mol. The molecule has 1 unspecified atom stereocenters. The minimum Gasteiger partial charge on any atom is -0.391 e. The van der Waals surface area contributed by atoms with Gasteiger partial charge in [0.05, 0.1) is 6.10 Å². The number of amides is 1. The number of hydrogen-bond donors (Lipinski definition) is 1. The Morgan fingerprint density at radius 3 is 2.50 bits per heavy atom. The van der Waals surface area contributed by atoms with Crippen molar-refractivity contribution in [3.8, 4) is 0 Å². The molecule has 14 heavy (non-hydrogen) atoms. The molecule has 3 heteroatoms. The summed E-state index contributed by atoms with van der Waals surface area (Å²) in [6, 6.07) is 0. The molecule has 1 rings (SSSR count). The monoisotopic (exact) mass is 199 g/mol. The Kier molecular flexibility index (Phi) is 4.39. The molecule has 3 nitrogen and oxygen atoms in total. The van der Waals surface area contributed by atoms with E-state index < -0.39 is 0 Å². The summed E-state index contributed by atoms with van der Waals surface area (Å²) < 4.78 is 0. The maximum atomic E-state index is 11.0. The van der Waals surface area contributed by atoms with Gasteiger partial charge in [-0.2, -0.15) is 0 Å². The van der Waals surface area contributed by atoms with Crippen molar-refractivity contribution in [1.82, 2.24) is 4.90 Å². The van der Waals surface area contributed by atoms with Crippen LogP contribution in [0.4, 0.5) is 0 Å². The number of hydrogen-bond acceptors (Lipinski definition) is 2. The first-order valence-corrected chi connectivity index (χ1v) is 5.51. The van der Waals surface area contributed by atoms with Gasteiger partial charge in [0, 0.05) is 20.5 Å². The zero-order valence-electron chi connectivity index (χ0n) is 9.20. The Labute approximate surface area is 86.1 Å². The number of carbonyl (C=O) groups excluding carboxylic acids is 1. The molecule has 0 bridgehead atoms. The van der Waals surface area contributed by atoms with E-state index in [-0.39, 0.29) is 12.0 Å². The first kappa shape index (κ1) is 11.5. The van der Waals surface area contributed by atoms with Crippen LogP contribution in [0.25, 0.3) is 0 Å². The van der Waals surface area contributed by atoms with Crippen molar-refractivity contribution >= 4 is 5.91 Å². The van der Waals surface area contributed by atoms with Crippen LogP contribution in [0.2, 0.25) is 0 Å². The number of aliphatic hydroxyl groups is 1. The van der Waals surface area contributed by atoms with Crippen molar-refractivity contribution in [2.24, 2.45) is 5.92 Å². The quantitative estimate of drug-likeness (QED) is 0.746. The van der Waals surface area contributed by atoms with Gasteiger partial charge in [-0.3, -0.25) is 4.79 Å². The van der Waals surface area contributed by atoms with E-state index in [2.05, 4.69) is 0 Å². The first-order valence-electron chi connectivity index (χ1n) is 5.51. The minimum atomic E-state index is -0.329. The van der Waals surface area contributed by atoms with E-state index in [1.807, 2.05) is 0 Å². The molecule has 0 aromatic heterocycles. The van der Waals surface area contributed by atoms with Gasteiger partial charge in [-0.15, -0.1) is 0 Å². The molecule has 1 amide bonds. The molecule has 1 N–H and O–H groups in total. The summed E-state index contributed by atoms with van der Waals surface area (Å²) >= 11 is 0. The lowest BCUT2D eigenvalue weighted by Crippen LogP contribution is -2.37. The Hall–Kier alpha value is -0.570. The van der Waals surface area contributed by atoms with Gasteiger partial charge in [-0.1, -0.05) is 19.3 Å². The van der Waals surface area contributed by atoms with Gasteiger partial charge < -0.3 is 10.0 Å². The summed E-state index contributed by atoms with van der Waals surface area (Å²) in [5.74, 6) is 0.436. The van der Waals surface area contributed by atoms with Crippen LogP contribution in [0, 0.1) is 5.92 Å². The summed E-state index contributed by atoms with van der Waals surface area (Å²) in [5.41, 5.74) is 0. The maximum Gasteiger partial charge on any atom is 0.219 e. The third-order valence-corrected chi connectivity index (χ3v) is 3.19. The molecule has 1 aliphatic carbocycles. The molecule has 0 heterocycles. The highest BCUT2D eigenvalue weighted by Crippen LogP contribution is 2.26. The Morgan fingerprint density at radius 2 is 2.00 bits per heavy atom. The fourth-order valence-corrected chi connectivity index (χ4v) is 2.08. The van der Waals surface area contributed by atoms with Gasteiger partial charge in [0.15, 0.2) is 0 Å². The number of rotatable bonds is 3. The molecular formula is C11H21NO2. The highest BCUT2D eigenvalue weighted by Gasteiger charge is 2.23. The van der Waals surface area contributed by atoms with Gasteiger partial charge in [-0.25, -0.2) is 0 Å². The number of nitrogens with zero attached hydrogens (tertiary/aromatic N) is 1. The summed E-state index contributed by atoms with van der Waals surface area (Å²) in [6.07, 6.45) is 5.66. The minimum absolute atomic E-state index is 0.0276. The summed E-state index contributed by atoms with van der Waals surface area (Å²) in [6.45, 7) is 2.02. The first-order chi connectivity index (χ1) is 6.61. The Balaban J connectivity index is 2.32. The predicted octanol–water partition coefficient (Wildman–Crippen LogP) is 1.41. The van der Waals surface area contributed by atoms with E-state index in [9.17, 15) is 9.90 Å². The van der Waals surface area contributed by atoms with Crippen molar-refractivity contribution in [3.63, 3.8) is 0 Å². The van der Waals surface area contributed by atoms with E-state index in [0.29, 0.717) is 12.5 Å². The highest BCUT2D eigenvalue weighted by atomic mass is 16.3. The van der Waals surface area contributed by atoms with Crippen LogP contribution in [-0.4, -0.2) is 35.6 Å². The second-order valence-electron chi connectivity index (χ2n) is 4.36. The zero-order valence-corrected chi connectivity index (χ0v) is 9.20. The fourth-order valence-electron chi connectivity index (χ4n) is 2.08. The molecule has 1 saturated carbocycles.